The van der Waals surface area contributed by atoms with Crippen LogP contribution in [0.4, 0.5) is 0 Å². The Bertz CT molecular complexity index is 579. The van der Waals surface area contributed by atoms with Crippen molar-refractivity contribution in [1.82, 2.24) is 4.90 Å². The SMILES string of the molecule is Oc1ccc2c(c1)CCN(CCCc1ccccc1)CC2. The molecular formula is C19H23NO. The second-order valence-corrected chi connectivity index (χ2v) is 5.88. The summed E-state index contributed by atoms with van der Waals surface area (Å²) in [7, 11) is 0. The first kappa shape index (κ1) is 14.2. The van der Waals surface area contributed by atoms with Crippen LogP contribution >= 0.6 is 0 Å². The van der Waals surface area contributed by atoms with Gasteiger partial charge in [0.2, 0.25) is 0 Å². The predicted molar refractivity (Wildman–Crippen MR) is 86.7 cm³/mol. The van der Waals surface area contributed by atoms with Crippen LogP contribution in [0.15, 0.2) is 48.5 Å². The third-order valence-electron chi connectivity index (χ3n) is 4.37. The van der Waals surface area contributed by atoms with Gasteiger partial charge in [-0.1, -0.05) is 36.4 Å². The van der Waals surface area contributed by atoms with E-state index in [4.69, 9.17) is 0 Å². The number of aromatic hydroxyl groups is 1. The van der Waals surface area contributed by atoms with Crippen molar-refractivity contribution in [3.05, 3.63) is 65.2 Å². The summed E-state index contributed by atoms with van der Waals surface area (Å²) in [6.07, 6.45) is 4.52. The average molecular weight is 281 g/mol. The second kappa shape index (κ2) is 6.77. The minimum absolute atomic E-state index is 0.395. The van der Waals surface area contributed by atoms with Crippen molar-refractivity contribution < 1.29 is 5.11 Å². The highest BCUT2D eigenvalue weighted by Gasteiger charge is 2.13. The van der Waals surface area contributed by atoms with Crippen LogP contribution in [0.1, 0.15) is 23.1 Å². The molecule has 2 aromatic carbocycles. The summed E-state index contributed by atoms with van der Waals surface area (Å²) in [5.74, 6) is 0.395. The van der Waals surface area contributed by atoms with Gasteiger partial charge in [-0.05, 0) is 61.1 Å². The van der Waals surface area contributed by atoms with Gasteiger partial charge in [0, 0.05) is 13.1 Å². The topological polar surface area (TPSA) is 23.5 Å². The molecule has 1 heterocycles. The van der Waals surface area contributed by atoms with Gasteiger partial charge in [0.15, 0.2) is 0 Å². The van der Waals surface area contributed by atoms with E-state index in [0.717, 1.165) is 38.9 Å². The average Bonchev–Trinajstić information content (AvgIpc) is 2.71. The maximum Gasteiger partial charge on any atom is 0.115 e. The van der Waals surface area contributed by atoms with Crippen molar-refractivity contribution in [2.24, 2.45) is 0 Å². The van der Waals surface area contributed by atoms with Crippen LogP contribution in [-0.2, 0) is 19.3 Å². The number of hydrogen-bond acceptors (Lipinski definition) is 2. The maximum atomic E-state index is 9.60. The zero-order valence-corrected chi connectivity index (χ0v) is 12.5. The lowest BCUT2D eigenvalue weighted by atomic mass is 10.0. The Hall–Kier alpha value is -1.80. The molecule has 0 bridgehead atoms. The Morgan fingerprint density at radius 2 is 1.67 bits per heavy atom. The van der Waals surface area contributed by atoms with Crippen LogP contribution in [0.25, 0.3) is 0 Å². The zero-order chi connectivity index (χ0) is 14.5. The monoisotopic (exact) mass is 281 g/mol. The number of hydrogen-bond donors (Lipinski definition) is 1. The molecule has 0 spiro atoms. The maximum absolute atomic E-state index is 9.60. The van der Waals surface area contributed by atoms with E-state index in [0.29, 0.717) is 5.75 Å². The third-order valence-corrected chi connectivity index (χ3v) is 4.37. The summed E-state index contributed by atoms with van der Waals surface area (Å²) < 4.78 is 0. The number of aryl methyl sites for hydroxylation is 1. The Balaban J connectivity index is 1.50. The van der Waals surface area contributed by atoms with E-state index >= 15 is 0 Å². The highest BCUT2D eigenvalue weighted by atomic mass is 16.3. The largest absolute Gasteiger partial charge is 0.508 e. The number of rotatable bonds is 4. The first-order valence-corrected chi connectivity index (χ1v) is 7.88. The number of fused-ring (bicyclic) bond motifs is 1. The van der Waals surface area contributed by atoms with E-state index in [1.165, 1.54) is 23.1 Å². The number of nitrogens with zero attached hydrogens (tertiary/aromatic N) is 1. The Morgan fingerprint density at radius 3 is 2.48 bits per heavy atom. The van der Waals surface area contributed by atoms with Crippen LogP contribution in [0.2, 0.25) is 0 Å². The lowest BCUT2D eigenvalue weighted by molar-refractivity contribution is 0.284. The standard InChI is InChI=1S/C19H23NO/c21-19-9-8-17-10-13-20(14-11-18(17)15-19)12-4-7-16-5-2-1-3-6-16/h1-3,5-6,8-9,15,21H,4,7,10-14H2. The fourth-order valence-electron chi connectivity index (χ4n) is 3.13. The predicted octanol–water partition coefficient (Wildman–Crippen LogP) is 3.43. The summed E-state index contributed by atoms with van der Waals surface area (Å²) in [5, 5.41) is 9.60. The molecule has 2 nitrogen and oxygen atoms in total. The molecule has 2 heteroatoms. The molecule has 0 radical (unpaired) electrons. The number of phenolic OH excluding ortho intramolecular Hbond substituents is 1. The van der Waals surface area contributed by atoms with Gasteiger partial charge in [0.05, 0.1) is 0 Å². The lowest BCUT2D eigenvalue weighted by Gasteiger charge is -2.19. The molecule has 0 saturated heterocycles. The molecular weight excluding hydrogens is 258 g/mol. The fourth-order valence-corrected chi connectivity index (χ4v) is 3.13. The Labute approximate surface area is 127 Å². The van der Waals surface area contributed by atoms with E-state index in [9.17, 15) is 5.11 Å². The van der Waals surface area contributed by atoms with Crippen LogP contribution < -0.4 is 0 Å². The summed E-state index contributed by atoms with van der Waals surface area (Å²) in [5.41, 5.74) is 4.15. The number of benzene rings is 2. The zero-order valence-electron chi connectivity index (χ0n) is 12.5. The second-order valence-electron chi connectivity index (χ2n) is 5.88. The minimum atomic E-state index is 0.395. The van der Waals surface area contributed by atoms with Crippen molar-refractivity contribution in [3.63, 3.8) is 0 Å². The minimum Gasteiger partial charge on any atom is -0.508 e. The van der Waals surface area contributed by atoms with Crippen LogP contribution in [0, 0.1) is 0 Å². The molecule has 0 unspecified atom stereocenters. The quantitative estimate of drug-likeness (QED) is 0.928. The molecule has 110 valence electrons. The van der Waals surface area contributed by atoms with E-state index in [1.807, 2.05) is 12.1 Å². The third kappa shape index (κ3) is 3.85. The molecule has 1 aliphatic rings. The first-order valence-electron chi connectivity index (χ1n) is 7.88. The van der Waals surface area contributed by atoms with Crippen molar-refractivity contribution >= 4 is 0 Å². The number of phenols is 1. The van der Waals surface area contributed by atoms with Crippen LogP contribution in [-0.4, -0.2) is 29.6 Å². The molecule has 0 saturated carbocycles. The Kier molecular flexibility index (Phi) is 4.56. The van der Waals surface area contributed by atoms with Gasteiger partial charge in [0.25, 0.3) is 0 Å². The van der Waals surface area contributed by atoms with Gasteiger partial charge in [-0.25, -0.2) is 0 Å². The summed E-state index contributed by atoms with van der Waals surface area (Å²) in [6, 6.07) is 16.5. The molecule has 0 aromatic heterocycles. The van der Waals surface area contributed by atoms with Crippen LogP contribution in [0.3, 0.4) is 0 Å². The van der Waals surface area contributed by atoms with Crippen molar-refractivity contribution in [2.45, 2.75) is 25.7 Å². The molecule has 0 fully saturated rings. The van der Waals surface area contributed by atoms with Gasteiger partial charge in [-0.3, -0.25) is 0 Å². The summed E-state index contributed by atoms with van der Waals surface area (Å²) in [4.78, 5) is 2.56. The first-order chi connectivity index (χ1) is 10.3. The van der Waals surface area contributed by atoms with Crippen LogP contribution in [0.5, 0.6) is 5.75 Å². The summed E-state index contributed by atoms with van der Waals surface area (Å²) >= 11 is 0. The molecule has 1 aliphatic heterocycles. The summed E-state index contributed by atoms with van der Waals surface area (Å²) in [6.45, 7) is 3.40. The molecule has 3 rings (SSSR count). The highest BCUT2D eigenvalue weighted by Crippen LogP contribution is 2.21. The molecule has 0 atom stereocenters. The molecule has 21 heavy (non-hydrogen) atoms. The van der Waals surface area contributed by atoms with Crippen molar-refractivity contribution in [2.75, 3.05) is 19.6 Å². The van der Waals surface area contributed by atoms with E-state index in [-0.39, 0.29) is 0 Å². The lowest BCUT2D eigenvalue weighted by Crippen LogP contribution is -2.27. The van der Waals surface area contributed by atoms with Gasteiger partial charge in [0.1, 0.15) is 5.75 Å². The van der Waals surface area contributed by atoms with Gasteiger partial charge in [-0.15, -0.1) is 0 Å². The van der Waals surface area contributed by atoms with Gasteiger partial charge < -0.3 is 10.0 Å². The molecule has 0 aliphatic carbocycles. The normalized spacial score (nSPS) is 15.4. The van der Waals surface area contributed by atoms with Gasteiger partial charge in [-0.2, -0.15) is 0 Å². The van der Waals surface area contributed by atoms with Crippen molar-refractivity contribution in [3.8, 4) is 5.75 Å². The molecule has 2 aromatic rings. The van der Waals surface area contributed by atoms with Crippen molar-refractivity contribution in [1.29, 1.82) is 0 Å². The Morgan fingerprint density at radius 1 is 0.905 bits per heavy atom. The van der Waals surface area contributed by atoms with E-state index in [2.05, 4.69) is 41.3 Å². The molecule has 0 amide bonds. The van der Waals surface area contributed by atoms with Gasteiger partial charge >= 0.3 is 0 Å². The highest BCUT2D eigenvalue weighted by molar-refractivity contribution is 5.36. The van der Waals surface area contributed by atoms with E-state index in [1.54, 1.807) is 0 Å². The smallest absolute Gasteiger partial charge is 0.115 e. The molecule has 1 N–H and O–H groups in total. The fraction of sp³-hybridized carbons (Fsp3) is 0.368. The van der Waals surface area contributed by atoms with E-state index < -0.39 is 0 Å².